The zero-order valence-electron chi connectivity index (χ0n) is 13.3. The lowest BCUT2D eigenvalue weighted by molar-refractivity contribution is 0.0975. The highest BCUT2D eigenvalue weighted by Gasteiger charge is 2.18. The fraction of sp³-hybridized carbons (Fsp3) is 0.188. The van der Waals surface area contributed by atoms with Crippen molar-refractivity contribution in [2.75, 3.05) is 5.32 Å². The Morgan fingerprint density at radius 1 is 1.25 bits per heavy atom. The summed E-state index contributed by atoms with van der Waals surface area (Å²) in [6.45, 7) is 5.70. The van der Waals surface area contributed by atoms with Crippen LogP contribution >= 0.6 is 46.1 Å². The van der Waals surface area contributed by atoms with Gasteiger partial charge in [-0.15, -0.1) is 11.3 Å². The quantitative estimate of drug-likeness (QED) is 0.471. The van der Waals surface area contributed by atoms with Crippen molar-refractivity contribution in [3.05, 3.63) is 48.9 Å². The van der Waals surface area contributed by atoms with Crippen LogP contribution in [-0.2, 0) is 0 Å². The molecular weight excluding hydrogens is 457 g/mol. The molecule has 0 saturated heterocycles. The molecule has 1 aromatic heterocycles. The summed E-state index contributed by atoms with van der Waals surface area (Å²) in [5.41, 5.74) is 8.26. The number of thiophene rings is 1. The summed E-state index contributed by atoms with van der Waals surface area (Å²) in [7, 11) is 0. The molecule has 1 heterocycles. The molecule has 2 amide bonds. The van der Waals surface area contributed by atoms with Crippen LogP contribution in [-0.4, -0.2) is 16.9 Å². The van der Waals surface area contributed by atoms with Gasteiger partial charge in [0.05, 0.1) is 5.56 Å². The lowest BCUT2D eigenvalue weighted by Crippen LogP contribution is -2.34. The Morgan fingerprint density at radius 3 is 2.50 bits per heavy atom. The molecule has 0 aliphatic carbocycles. The van der Waals surface area contributed by atoms with E-state index >= 15 is 0 Å². The Bertz CT molecular complexity index is 846. The van der Waals surface area contributed by atoms with E-state index < -0.39 is 5.91 Å². The van der Waals surface area contributed by atoms with Crippen molar-refractivity contribution < 1.29 is 9.59 Å². The Labute approximate surface area is 163 Å². The summed E-state index contributed by atoms with van der Waals surface area (Å²) in [6.07, 6.45) is 0. The van der Waals surface area contributed by atoms with Crippen LogP contribution in [0.25, 0.3) is 0 Å². The summed E-state index contributed by atoms with van der Waals surface area (Å²) in [5, 5.41) is 6.18. The van der Waals surface area contributed by atoms with Crippen molar-refractivity contribution in [3.63, 3.8) is 0 Å². The molecule has 0 bridgehead atoms. The highest BCUT2D eigenvalue weighted by molar-refractivity contribution is 14.1. The molecule has 0 aliphatic rings. The molecule has 2 aromatic rings. The smallest absolute Gasteiger partial charge is 0.257 e. The zero-order chi connectivity index (χ0) is 18.0. The predicted octanol–water partition coefficient (Wildman–Crippen LogP) is 3.50. The SMILES string of the molecule is Cc1ccc(C(=O)NC(=S)Nc2sc(C)c(C)c2C(N)=O)cc1I. The van der Waals surface area contributed by atoms with Crippen LogP contribution in [0.2, 0.25) is 0 Å². The van der Waals surface area contributed by atoms with Gasteiger partial charge in [-0.25, -0.2) is 0 Å². The largest absolute Gasteiger partial charge is 0.365 e. The number of aryl methyl sites for hydroxylation is 2. The van der Waals surface area contributed by atoms with Crippen LogP contribution in [0, 0.1) is 24.3 Å². The van der Waals surface area contributed by atoms with Gasteiger partial charge in [-0.3, -0.25) is 14.9 Å². The van der Waals surface area contributed by atoms with Crippen molar-refractivity contribution in [1.29, 1.82) is 0 Å². The van der Waals surface area contributed by atoms with E-state index in [4.69, 9.17) is 18.0 Å². The van der Waals surface area contributed by atoms with E-state index in [0.29, 0.717) is 16.1 Å². The molecule has 0 aliphatic heterocycles. The number of nitrogens with one attached hydrogen (secondary N) is 2. The molecule has 126 valence electrons. The van der Waals surface area contributed by atoms with Crippen LogP contribution < -0.4 is 16.4 Å². The minimum Gasteiger partial charge on any atom is -0.365 e. The third-order valence-electron chi connectivity index (χ3n) is 3.52. The number of hydrogen-bond acceptors (Lipinski definition) is 4. The highest BCUT2D eigenvalue weighted by atomic mass is 127. The van der Waals surface area contributed by atoms with Crippen LogP contribution in [0.3, 0.4) is 0 Å². The number of carbonyl (C=O) groups excluding carboxylic acids is 2. The van der Waals surface area contributed by atoms with Crippen LogP contribution in [0.15, 0.2) is 18.2 Å². The number of rotatable bonds is 3. The lowest BCUT2D eigenvalue weighted by Gasteiger charge is -2.10. The monoisotopic (exact) mass is 473 g/mol. The van der Waals surface area contributed by atoms with Crippen LogP contribution in [0.5, 0.6) is 0 Å². The first-order chi connectivity index (χ1) is 11.2. The minimum atomic E-state index is -0.526. The molecular formula is C16H16IN3O2S2. The minimum absolute atomic E-state index is 0.124. The topological polar surface area (TPSA) is 84.2 Å². The standard InChI is InChI=1S/C16H16IN3O2S2/c1-7-4-5-10(6-11(7)17)14(22)19-16(23)20-15-12(13(18)21)8(2)9(3)24-15/h4-6H,1-3H3,(H2,18,21)(H2,19,20,22,23). The summed E-state index contributed by atoms with van der Waals surface area (Å²) in [6, 6.07) is 5.41. The Morgan fingerprint density at radius 2 is 1.92 bits per heavy atom. The van der Waals surface area contributed by atoms with Crippen LogP contribution in [0.1, 0.15) is 36.7 Å². The van der Waals surface area contributed by atoms with Gasteiger partial charge in [0, 0.05) is 14.0 Å². The average molecular weight is 473 g/mol. The maximum atomic E-state index is 12.3. The number of halogens is 1. The van der Waals surface area contributed by atoms with Crippen molar-refractivity contribution in [3.8, 4) is 0 Å². The van der Waals surface area contributed by atoms with E-state index in [1.807, 2.05) is 26.8 Å². The summed E-state index contributed by atoms with van der Waals surface area (Å²) in [5.74, 6) is -0.836. The highest BCUT2D eigenvalue weighted by Crippen LogP contribution is 2.31. The third-order valence-corrected chi connectivity index (χ3v) is 6.01. The molecule has 1 aromatic carbocycles. The number of carbonyl (C=O) groups is 2. The maximum Gasteiger partial charge on any atom is 0.257 e. The van der Waals surface area contributed by atoms with Crippen molar-refractivity contribution >= 4 is 68.1 Å². The number of hydrogen-bond donors (Lipinski definition) is 3. The number of thiocarbonyl (C=S) groups is 1. The Hall–Kier alpha value is -1.52. The van der Waals surface area contributed by atoms with E-state index in [-0.39, 0.29) is 11.0 Å². The molecule has 0 unspecified atom stereocenters. The van der Waals surface area contributed by atoms with Crippen molar-refractivity contribution in [2.45, 2.75) is 20.8 Å². The second kappa shape index (κ2) is 7.58. The number of nitrogens with two attached hydrogens (primary N) is 1. The molecule has 5 nitrogen and oxygen atoms in total. The molecule has 8 heteroatoms. The van der Waals surface area contributed by atoms with Gasteiger partial charge < -0.3 is 11.1 Å². The van der Waals surface area contributed by atoms with Crippen LogP contribution in [0.4, 0.5) is 5.00 Å². The zero-order valence-corrected chi connectivity index (χ0v) is 17.1. The number of anilines is 1. The molecule has 0 spiro atoms. The average Bonchev–Trinajstić information content (AvgIpc) is 2.76. The Balaban J connectivity index is 2.14. The van der Waals surface area contributed by atoms with Crippen molar-refractivity contribution in [1.82, 2.24) is 5.32 Å². The number of amides is 2. The fourth-order valence-electron chi connectivity index (χ4n) is 2.06. The normalized spacial score (nSPS) is 10.3. The molecule has 2 rings (SSSR count). The van der Waals surface area contributed by atoms with Gasteiger partial charge in [-0.2, -0.15) is 0 Å². The Kier molecular flexibility index (Phi) is 5.94. The molecule has 0 atom stereocenters. The fourth-order valence-corrected chi connectivity index (χ4v) is 3.90. The second-order valence-corrected chi connectivity index (χ2v) is 8.02. The number of benzene rings is 1. The predicted molar refractivity (Wildman–Crippen MR) is 110 cm³/mol. The van der Waals surface area contributed by atoms with E-state index in [1.54, 1.807) is 12.1 Å². The van der Waals surface area contributed by atoms with Gasteiger partial charge >= 0.3 is 0 Å². The first kappa shape index (κ1) is 18.8. The molecule has 0 saturated carbocycles. The third kappa shape index (κ3) is 4.11. The molecule has 24 heavy (non-hydrogen) atoms. The maximum absolute atomic E-state index is 12.3. The van der Waals surface area contributed by atoms with Gasteiger partial charge in [-0.05, 0) is 78.8 Å². The van der Waals surface area contributed by atoms with Gasteiger partial charge in [0.2, 0.25) is 0 Å². The lowest BCUT2D eigenvalue weighted by atomic mass is 10.1. The first-order valence-electron chi connectivity index (χ1n) is 6.99. The first-order valence-corrected chi connectivity index (χ1v) is 9.29. The second-order valence-electron chi connectivity index (χ2n) is 5.22. The van der Waals surface area contributed by atoms with E-state index in [1.165, 1.54) is 11.3 Å². The van der Waals surface area contributed by atoms with E-state index in [9.17, 15) is 9.59 Å². The van der Waals surface area contributed by atoms with E-state index in [2.05, 4.69) is 33.2 Å². The summed E-state index contributed by atoms with van der Waals surface area (Å²) >= 11 is 8.73. The van der Waals surface area contributed by atoms with Gasteiger partial charge in [-0.1, -0.05) is 6.07 Å². The van der Waals surface area contributed by atoms with Gasteiger partial charge in [0.15, 0.2) is 5.11 Å². The van der Waals surface area contributed by atoms with Gasteiger partial charge in [0.25, 0.3) is 11.8 Å². The summed E-state index contributed by atoms with van der Waals surface area (Å²) in [4.78, 5) is 24.8. The molecule has 0 radical (unpaired) electrons. The number of primary amides is 1. The molecule has 4 N–H and O–H groups in total. The van der Waals surface area contributed by atoms with Crippen molar-refractivity contribution in [2.24, 2.45) is 5.73 Å². The molecule has 0 fully saturated rings. The van der Waals surface area contributed by atoms with Gasteiger partial charge in [0.1, 0.15) is 5.00 Å². The van der Waals surface area contributed by atoms with E-state index in [0.717, 1.165) is 19.6 Å². The summed E-state index contributed by atoms with van der Waals surface area (Å²) < 4.78 is 1.000.